The van der Waals surface area contributed by atoms with Crippen LogP contribution in [0.2, 0.25) is 0 Å². The van der Waals surface area contributed by atoms with Crippen LogP contribution >= 0.6 is 11.8 Å². The fraction of sp³-hybridized carbons (Fsp3) is 0.250. The Morgan fingerprint density at radius 1 is 1.26 bits per heavy atom. The number of carbonyl (C=O) groups excluding carboxylic acids is 1. The van der Waals surface area contributed by atoms with Crippen molar-refractivity contribution in [1.29, 1.82) is 0 Å². The van der Waals surface area contributed by atoms with Crippen molar-refractivity contribution in [2.75, 3.05) is 4.90 Å². The number of nitrogens with one attached hydrogen (secondary N) is 1. The molecule has 0 aliphatic carbocycles. The molecule has 4 rings (SSSR count). The van der Waals surface area contributed by atoms with E-state index in [-0.39, 0.29) is 23.0 Å². The summed E-state index contributed by atoms with van der Waals surface area (Å²) < 4.78 is 13.9. The predicted octanol–water partition coefficient (Wildman–Crippen LogP) is 4.07. The Bertz CT molecular complexity index is 989. The summed E-state index contributed by atoms with van der Waals surface area (Å²) in [4.78, 5) is 19.2. The molecular weight excluding hydrogens is 363 g/mol. The molecule has 2 aromatic carbocycles. The Morgan fingerprint density at radius 2 is 2.00 bits per heavy atom. The van der Waals surface area contributed by atoms with Crippen LogP contribution < -0.4 is 4.90 Å². The lowest BCUT2D eigenvalue weighted by Gasteiger charge is -2.25. The molecule has 1 aliphatic rings. The van der Waals surface area contributed by atoms with Crippen LogP contribution in [0.15, 0.2) is 53.7 Å². The third kappa shape index (κ3) is 3.35. The molecule has 2 atom stereocenters. The van der Waals surface area contributed by atoms with Gasteiger partial charge in [0.05, 0.1) is 10.8 Å². The first-order chi connectivity index (χ1) is 13.0. The van der Waals surface area contributed by atoms with Gasteiger partial charge < -0.3 is 4.90 Å². The van der Waals surface area contributed by atoms with E-state index < -0.39 is 0 Å². The molecule has 0 radical (unpaired) electrons. The molecule has 1 aliphatic heterocycles. The average Bonchev–Trinajstić information content (AvgIpc) is 3.25. The van der Waals surface area contributed by atoms with Crippen LogP contribution in [-0.2, 0) is 11.2 Å². The van der Waals surface area contributed by atoms with Crippen LogP contribution in [0.5, 0.6) is 0 Å². The molecule has 5 nitrogen and oxygen atoms in total. The number of aromatic amines is 1. The van der Waals surface area contributed by atoms with Crippen molar-refractivity contribution in [3.05, 3.63) is 59.9 Å². The van der Waals surface area contributed by atoms with Crippen molar-refractivity contribution in [3.8, 4) is 11.4 Å². The van der Waals surface area contributed by atoms with E-state index in [4.69, 9.17) is 0 Å². The fourth-order valence-electron chi connectivity index (χ4n) is 3.38. The Kier molecular flexibility index (Phi) is 4.70. The summed E-state index contributed by atoms with van der Waals surface area (Å²) in [6, 6.07) is 14.5. The van der Waals surface area contributed by atoms with Crippen LogP contribution in [0.1, 0.15) is 19.4 Å². The zero-order valence-electron chi connectivity index (χ0n) is 15.0. The quantitative estimate of drug-likeness (QED) is 0.691. The number of H-pyrrole nitrogens is 1. The third-order valence-electron chi connectivity index (χ3n) is 4.67. The maximum atomic E-state index is 13.9. The van der Waals surface area contributed by atoms with E-state index in [1.807, 2.05) is 30.0 Å². The van der Waals surface area contributed by atoms with Crippen LogP contribution in [0.3, 0.4) is 0 Å². The zero-order valence-corrected chi connectivity index (χ0v) is 15.8. The Balaban J connectivity index is 1.51. The number of thioether (sulfide) groups is 1. The van der Waals surface area contributed by atoms with E-state index in [0.29, 0.717) is 16.5 Å². The second-order valence-corrected chi connectivity index (χ2v) is 7.90. The van der Waals surface area contributed by atoms with Crippen LogP contribution in [0.4, 0.5) is 10.1 Å². The van der Waals surface area contributed by atoms with Gasteiger partial charge in [-0.2, -0.15) is 0 Å². The molecule has 0 spiro atoms. The van der Waals surface area contributed by atoms with E-state index in [1.165, 1.54) is 23.4 Å². The first-order valence-electron chi connectivity index (χ1n) is 8.79. The molecule has 0 saturated heterocycles. The standard InChI is InChI=1S/C20H19FN4OS/c1-12-11-14-7-3-6-10-17(14)25(12)19(26)13(2)27-20-22-18(23-24-20)15-8-4-5-9-16(15)21/h3-10,12-13H,11H2,1-2H3,(H,22,23,24)/t12-,13-/m1/s1. The summed E-state index contributed by atoms with van der Waals surface area (Å²) in [6.07, 6.45) is 0.859. The summed E-state index contributed by atoms with van der Waals surface area (Å²) in [5.74, 6) is 0.0154. The van der Waals surface area contributed by atoms with Gasteiger partial charge in [0.2, 0.25) is 11.1 Å². The summed E-state index contributed by atoms with van der Waals surface area (Å²) in [6.45, 7) is 3.90. The van der Waals surface area contributed by atoms with Gasteiger partial charge in [0, 0.05) is 11.7 Å². The SMILES string of the molecule is C[C@@H]1Cc2ccccc2N1C(=O)[C@@H](C)Sc1n[nH]c(-c2ccccc2F)n1. The first-order valence-corrected chi connectivity index (χ1v) is 9.67. The molecule has 2 heterocycles. The summed E-state index contributed by atoms with van der Waals surface area (Å²) in [7, 11) is 0. The molecule has 1 amide bonds. The number of hydrogen-bond acceptors (Lipinski definition) is 4. The van der Waals surface area contributed by atoms with E-state index in [9.17, 15) is 9.18 Å². The number of nitrogens with zero attached hydrogens (tertiary/aromatic N) is 3. The molecular formula is C20H19FN4OS. The Labute approximate surface area is 161 Å². The first kappa shape index (κ1) is 17.7. The number of carbonyl (C=O) groups is 1. The van der Waals surface area contributed by atoms with Crippen molar-refractivity contribution in [1.82, 2.24) is 15.2 Å². The number of hydrogen-bond donors (Lipinski definition) is 1. The van der Waals surface area contributed by atoms with Gasteiger partial charge in [-0.3, -0.25) is 9.89 Å². The zero-order chi connectivity index (χ0) is 19.0. The molecule has 3 aromatic rings. The van der Waals surface area contributed by atoms with Gasteiger partial charge in [-0.25, -0.2) is 9.37 Å². The molecule has 0 saturated carbocycles. The van der Waals surface area contributed by atoms with E-state index in [2.05, 4.69) is 28.2 Å². The van der Waals surface area contributed by atoms with E-state index in [1.54, 1.807) is 18.2 Å². The number of halogens is 1. The molecule has 0 unspecified atom stereocenters. The minimum absolute atomic E-state index is 0.0229. The normalized spacial score (nSPS) is 17.0. The van der Waals surface area contributed by atoms with Gasteiger partial charge in [0.15, 0.2) is 5.82 Å². The molecule has 7 heteroatoms. The number of benzene rings is 2. The smallest absolute Gasteiger partial charge is 0.240 e. The molecule has 27 heavy (non-hydrogen) atoms. The lowest BCUT2D eigenvalue weighted by Crippen LogP contribution is -2.40. The summed E-state index contributed by atoms with van der Waals surface area (Å²) in [5.41, 5.74) is 2.53. The van der Waals surface area contributed by atoms with Gasteiger partial charge >= 0.3 is 0 Å². The van der Waals surface area contributed by atoms with Crippen molar-refractivity contribution >= 4 is 23.4 Å². The fourth-order valence-corrected chi connectivity index (χ4v) is 4.15. The summed E-state index contributed by atoms with van der Waals surface area (Å²) in [5, 5.41) is 6.96. The number of aromatic nitrogens is 3. The van der Waals surface area contributed by atoms with Crippen LogP contribution in [-0.4, -0.2) is 32.4 Å². The van der Waals surface area contributed by atoms with Gasteiger partial charge in [-0.05, 0) is 44.0 Å². The molecule has 1 aromatic heterocycles. The largest absolute Gasteiger partial charge is 0.308 e. The van der Waals surface area contributed by atoms with Crippen molar-refractivity contribution < 1.29 is 9.18 Å². The maximum absolute atomic E-state index is 13.9. The highest BCUT2D eigenvalue weighted by Gasteiger charge is 2.33. The Morgan fingerprint density at radius 3 is 2.81 bits per heavy atom. The van der Waals surface area contributed by atoms with Gasteiger partial charge in [-0.15, -0.1) is 5.10 Å². The third-order valence-corrected chi connectivity index (χ3v) is 5.62. The lowest BCUT2D eigenvalue weighted by molar-refractivity contribution is -0.118. The lowest BCUT2D eigenvalue weighted by atomic mass is 10.1. The molecule has 0 bridgehead atoms. The number of para-hydroxylation sites is 1. The second kappa shape index (κ2) is 7.15. The highest BCUT2D eigenvalue weighted by Crippen LogP contribution is 2.34. The van der Waals surface area contributed by atoms with Gasteiger partial charge in [0.25, 0.3) is 0 Å². The second-order valence-electron chi connectivity index (χ2n) is 6.60. The van der Waals surface area contributed by atoms with Crippen molar-refractivity contribution in [2.45, 2.75) is 36.7 Å². The molecule has 0 fully saturated rings. The Hall–Kier alpha value is -2.67. The predicted molar refractivity (Wildman–Crippen MR) is 104 cm³/mol. The van der Waals surface area contributed by atoms with Crippen molar-refractivity contribution in [2.24, 2.45) is 0 Å². The van der Waals surface area contributed by atoms with Gasteiger partial charge in [-0.1, -0.05) is 42.1 Å². The highest BCUT2D eigenvalue weighted by atomic mass is 32.2. The number of rotatable bonds is 4. The highest BCUT2D eigenvalue weighted by molar-refractivity contribution is 8.00. The molecule has 1 N–H and O–H groups in total. The number of anilines is 1. The number of fused-ring (bicyclic) bond motifs is 1. The van der Waals surface area contributed by atoms with E-state index in [0.717, 1.165) is 12.1 Å². The number of amides is 1. The van der Waals surface area contributed by atoms with Crippen molar-refractivity contribution in [3.63, 3.8) is 0 Å². The van der Waals surface area contributed by atoms with Gasteiger partial charge in [0.1, 0.15) is 5.82 Å². The minimum atomic E-state index is -0.364. The average molecular weight is 382 g/mol. The van der Waals surface area contributed by atoms with E-state index >= 15 is 0 Å². The maximum Gasteiger partial charge on any atom is 0.240 e. The van der Waals surface area contributed by atoms with Crippen LogP contribution in [0.25, 0.3) is 11.4 Å². The topological polar surface area (TPSA) is 61.9 Å². The molecule has 138 valence electrons. The monoisotopic (exact) mass is 382 g/mol. The van der Waals surface area contributed by atoms with Crippen LogP contribution in [0, 0.1) is 5.82 Å². The summed E-state index contributed by atoms with van der Waals surface area (Å²) >= 11 is 1.27. The minimum Gasteiger partial charge on any atom is -0.308 e.